The molecule has 78 valence electrons. The standard InChI is InChI=1S/C12H25N/c1-5-6-7-8-12(3,4)13-9-11(2)10-13/h11H,5-10H2,1-4H3. The lowest BCUT2D eigenvalue weighted by Gasteiger charge is -2.48. The zero-order chi connectivity index (χ0) is 9.90. The maximum Gasteiger partial charge on any atom is 0.0153 e. The molecule has 0 unspecified atom stereocenters. The fraction of sp³-hybridized carbons (Fsp3) is 1.00. The molecule has 0 aromatic heterocycles. The molecule has 0 spiro atoms. The number of hydrogen-bond acceptors (Lipinski definition) is 1. The maximum absolute atomic E-state index is 2.63. The fourth-order valence-corrected chi connectivity index (χ4v) is 2.16. The third kappa shape index (κ3) is 2.98. The van der Waals surface area contributed by atoms with Crippen molar-refractivity contribution in [3.05, 3.63) is 0 Å². The second-order valence-electron chi connectivity index (χ2n) is 5.28. The van der Waals surface area contributed by atoms with Crippen LogP contribution < -0.4 is 0 Å². The minimum atomic E-state index is 0.460. The van der Waals surface area contributed by atoms with Crippen molar-refractivity contribution in [1.29, 1.82) is 0 Å². The van der Waals surface area contributed by atoms with Crippen LogP contribution in [0.2, 0.25) is 0 Å². The van der Waals surface area contributed by atoms with Gasteiger partial charge in [0.15, 0.2) is 0 Å². The molecule has 1 nitrogen and oxygen atoms in total. The molecule has 13 heavy (non-hydrogen) atoms. The first-order chi connectivity index (χ1) is 6.06. The van der Waals surface area contributed by atoms with Crippen LogP contribution in [0.5, 0.6) is 0 Å². The zero-order valence-corrected chi connectivity index (χ0v) is 9.77. The van der Waals surface area contributed by atoms with Crippen molar-refractivity contribution in [1.82, 2.24) is 4.90 Å². The summed E-state index contributed by atoms with van der Waals surface area (Å²) in [6.07, 6.45) is 5.50. The highest BCUT2D eigenvalue weighted by Gasteiger charge is 2.34. The van der Waals surface area contributed by atoms with Gasteiger partial charge < -0.3 is 0 Å². The van der Waals surface area contributed by atoms with Crippen LogP contribution in [0.15, 0.2) is 0 Å². The van der Waals surface area contributed by atoms with Crippen LogP contribution >= 0.6 is 0 Å². The van der Waals surface area contributed by atoms with Crippen LogP contribution in [0.25, 0.3) is 0 Å². The normalized spacial score (nSPS) is 20.3. The van der Waals surface area contributed by atoms with Gasteiger partial charge in [0.2, 0.25) is 0 Å². The third-order valence-electron chi connectivity index (χ3n) is 3.31. The molecular weight excluding hydrogens is 158 g/mol. The molecule has 1 aliphatic heterocycles. The highest BCUT2D eigenvalue weighted by molar-refractivity contribution is 4.89. The summed E-state index contributed by atoms with van der Waals surface area (Å²) in [5.41, 5.74) is 0.460. The lowest BCUT2D eigenvalue weighted by atomic mass is 9.88. The van der Waals surface area contributed by atoms with Crippen molar-refractivity contribution >= 4 is 0 Å². The van der Waals surface area contributed by atoms with Crippen LogP contribution in [-0.4, -0.2) is 23.5 Å². The van der Waals surface area contributed by atoms with E-state index in [1.165, 1.54) is 38.8 Å². The predicted octanol–water partition coefficient (Wildman–Crippen LogP) is 3.30. The molecule has 0 saturated carbocycles. The van der Waals surface area contributed by atoms with Gasteiger partial charge in [0.05, 0.1) is 0 Å². The fourth-order valence-electron chi connectivity index (χ4n) is 2.16. The van der Waals surface area contributed by atoms with Crippen molar-refractivity contribution in [2.24, 2.45) is 5.92 Å². The molecule has 0 aliphatic carbocycles. The highest BCUT2D eigenvalue weighted by atomic mass is 15.2. The molecule has 1 heterocycles. The molecule has 0 amide bonds. The predicted molar refractivity (Wildman–Crippen MR) is 59.0 cm³/mol. The van der Waals surface area contributed by atoms with Crippen molar-refractivity contribution in [3.8, 4) is 0 Å². The summed E-state index contributed by atoms with van der Waals surface area (Å²) in [6, 6.07) is 0. The molecule has 1 rings (SSSR count). The topological polar surface area (TPSA) is 3.24 Å². The van der Waals surface area contributed by atoms with E-state index >= 15 is 0 Å². The maximum atomic E-state index is 2.63. The minimum Gasteiger partial charge on any atom is -0.298 e. The Morgan fingerprint density at radius 2 is 1.85 bits per heavy atom. The Balaban J connectivity index is 2.21. The Morgan fingerprint density at radius 3 is 2.31 bits per heavy atom. The number of hydrogen-bond donors (Lipinski definition) is 0. The van der Waals surface area contributed by atoms with E-state index in [4.69, 9.17) is 0 Å². The first kappa shape index (κ1) is 11.0. The molecule has 0 bridgehead atoms. The lowest BCUT2D eigenvalue weighted by Crippen LogP contribution is -2.56. The first-order valence-electron chi connectivity index (χ1n) is 5.81. The Bertz CT molecular complexity index is 145. The van der Waals surface area contributed by atoms with Crippen molar-refractivity contribution in [2.45, 2.75) is 58.9 Å². The quantitative estimate of drug-likeness (QED) is 0.591. The van der Waals surface area contributed by atoms with E-state index in [9.17, 15) is 0 Å². The second kappa shape index (κ2) is 4.45. The summed E-state index contributed by atoms with van der Waals surface area (Å²) < 4.78 is 0. The number of likely N-dealkylation sites (tertiary alicyclic amines) is 1. The van der Waals surface area contributed by atoms with Crippen molar-refractivity contribution < 1.29 is 0 Å². The monoisotopic (exact) mass is 183 g/mol. The second-order valence-corrected chi connectivity index (χ2v) is 5.28. The van der Waals surface area contributed by atoms with Gasteiger partial charge in [-0.15, -0.1) is 0 Å². The van der Waals surface area contributed by atoms with E-state index in [-0.39, 0.29) is 0 Å². The molecule has 1 fully saturated rings. The van der Waals surface area contributed by atoms with E-state index in [2.05, 4.69) is 32.6 Å². The van der Waals surface area contributed by atoms with Crippen molar-refractivity contribution in [3.63, 3.8) is 0 Å². The van der Waals surface area contributed by atoms with Crippen LogP contribution in [-0.2, 0) is 0 Å². The number of nitrogens with zero attached hydrogens (tertiary/aromatic N) is 1. The van der Waals surface area contributed by atoms with Crippen LogP contribution in [0, 0.1) is 5.92 Å². The van der Waals surface area contributed by atoms with Gasteiger partial charge in [-0.3, -0.25) is 4.90 Å². The third-order valence-corrected chi connectivity index (χ3v) is 3.31. The Morgan fingerprint density at radius 1 is 1.23 bits per heavy atom. The molecule has 1 aliphatic rings. The number of rotatable bonds is 5. The average molecular weight is 183 g/mol. The Hall–Kier alpha value is -0.0400. The molecule has 0 radical (unpaired) electrons. The first-order valence-corrected chi connectivity index (χ1v) is 5.81. The van der Waals surface area contributed by atoms with E-state index in [0.717, 1.165) is 5.92 Å². The van der Waals surface area contributed by atoms with Gasteiger partial charge >= 0.3 is 0 Å². The summed E-state index contributed by atoms with van der Waals surface area (Å²) in [4.78, 5) is 2.63. The van der Waals surface area contributed by atoms with Crippen LogP contribution in [0.1, 0.15) is 53.4 Å². The summed E-state index contributed by atoms with van der Waals surface area (Å²) in [5, 5.41) is 0. The molecule has 1 heteroatoms. The SMILES string of the molecule is CCCCCC(C)(C)N1CC(C)C1. The lowest BCUT2D eigenvalue weighted by molar-refractivity contribution is 0.00531. The van der Waals surface area contributed by atoms with Gasteiger partial charge in [-0.1, -0.05) is 33.1 Å². The smallest absolute Gasteiger partial charge is 0.0153 e. The van der Waals surface area contributed by atoms with Gasteiger partial charge in [-0.25, -0.2) is 0 Å². The minimum absolute atomic E-state index is 0.460. The Kier molecular flexibility index (Phi) is 3.78. The van der Waals surface area contributed by atoms with Crippen LogP contribution in [0.4, 0.5) is 0 Å². The van der Waals surface area contributed by atoms with Gasteiger partial charge in [0.1, 0.15) is 0 Å². The largest absolute Gasteiger partial charge is 0.298 e. The Labute approximate surface area is 83.5 Å². The van der Waals surface area contributed by atoms with Crippen molar-refractivity contribution in [2.75, 3.05) is 13.1 Å². The molecule has 0 atom stereocenters. The van der Waals surface area contributed by atoms with E-state index < -0.39 is 0 Å². The van der Waals surface area contributed by atoms with Crippen LogP contribution in [0.3, 0.4) is 0 Å². The van der Waals surface area contributed by atoms with Gasteiger partial charge in [0.25, 0.3) is 0 Å². The van der Waals surface area contributed by atoms with Gasteiger partial charge in [-0.05, 0) is 26.2 Å². The molecule has 1 saturated heterocycles. The molecule has 0 aromatic carbocycles. The summed E-state index contributed by atoms with van der Waals surface area (Å²) in [7, 11) is 0. The molecular formula is C12H25N. The summed E-state index contributed by atoms with van der Waals surface area (Å²) in [6.45, 7) is 12.1. The summed E-state index contributed by atoms with van der Waals surface area (Å²) >= 11 is 0. The zero-order valence-electron chi connectivity index (χ0n) is 9.77. The van der Waals surface area contributed by atoms with E-state index in [0.29, 0.717) is 5.54 Å². The molecule has 0 N–H and O–H groups in total. The van der Waals surface area contributed by atoms with Gasteiger partial charge in [-0.2, -0.15) is 0 Å². The van der Waals surface area contributed by atoms with E-state index in [1.807, 2.05) is 0 Å². The van der Waals surface area contributed by atoms with Gasteiger partial charge in [0, 0.05) is 18.6 Å². The highest BCUT2D eigenvalue weighted by Crippen LogP contribution is 2.29. The number of unbranched alkanes of at least 4 members (excludes halogenated alkanes) is 2. The summed E-state index contributed by atoms with van der Waals surface area (Å²) in [5.74, 6) is 0.936. The average Bonchev–Trinajstić information content (AvgIpc) is 1.99. The molecule has 0 aromatic rings. The van der Waals surface area contributed by atoms with E-state index in [1.54, 1.807) is 0 Å².